The van der Waals surface area contributed by atoms with E-state index in [1.807, 2.05) is 4.90 Å². The zero-order valence-electron chi connectivity index (χ0n) is 12.4. The van der Waals surface area contributed by atoms with Crippen molar-refractivity contribution in [1.82, 2.24) is 4.90 Å². The van der Waals surface area contributed by atoms with Crippen molar-refractivity contribution in [3.05, 3.63) is 0 Å². The third-order valence-corrected chi connectivity index (χ3v) is 5.22. The van der Waals surface area contributed by atoms with Gasteiger partial charge in [-0.2, -0.15) is 0 Å². The lowest BCUT2D eigenvalue weighted by atomic mass is 9.97. The van der Waals surface area contributed by atoms with Crippen molar-refractivity contribution >= 4 is 21.7 Å². The molecule has 1 heterocycles. The zero-order chi connectivity index (χ0) is 15.9. The second kappa shape index (κ2) is 8.33. The standard InChI is InChI=1S/C13H24N2O5S/c1-2-20-13(17)11-3-6-15(7-4-11)8-10-21(18,19)9-5-12(14)16/h11H,2-10H2,1H3,(H2,14,16). The molecule has 21 heavy (non-hydrogen) atoms. The molecule has 1 fully saturated rings. The summed E-state index contributed by atoms with van der Waals surface area (Å²) in [4.78, 5) is 24.2. The van der Waals surface area contributed by atoms with Gasteiger partial charge in [0.15, 0.2) is 9.84 Å². The lowest BCUT2D eigenvalue weighted by Gasteiger charge is -2.30. The van der Waals surface area contributed by atoms with Crippen molar-refractivity contribution in [2.45, 2.75) is 26.2 Å². The number of piperidine rings is 1. The number of nitrogens with zero attached hydrogens (tertiary/aromatic N) is 1. The van der Waals surface area contributed by atoms with Crippen molar-refractivity contribution in [3.8, 4) is 0 Å². The van der Waals surface area contributed by atoms with Crippen LogP contribution >= 0.6 is 0 Å². The van der Waals surface area contributed by atoms with E-state index in [4.69, 9.17) is 10.5 Å². The lowest BCUT2D eigenvalue weighted by molar-refractivity contribution is -0.149. The normalized spacial score (nSPS) is 17.6. The molecule has 1 saturated heterocycles. The molecule has 0 bridgehead atoms. The largest absolute Gasteiger partial charge is 0.466 e. The van der Waals surface area contributed by atoms with E-state index in [-0.39, 0.29) is 29.8 Å². The molecule has 0 unspecified atom stereocenters. The minimum atomic E-state index is -3.25. The lowest BCUT2D eigenvalue weighted by Crippen LogP contribution is -2.39. The molecule has 0 aromatic heterocycles. The van der Waals surface area contributed by atoms with E-state index in [2.05, 4.69) is 0 Å². The highest BCUT2D eigenvalue weighted by molar-refractivity contribution is 7.91. The van der Waals surface area contributed by atoms with Crippen molar-refractivity contribution in [2.75, 3.05) is 37.7 Å². The van der Waals surface area contributed by atoms with Crippen LogP contribution < -0.4 is 5.73 Å². The Bertz CT molecular complexity index is 455. The molecule has 1 rings (SSSR count). The number of nitrogens with two attached hydrogens (primary N) is 1. The van der Waals surface area contributed by atoms with Gasteiger partial charge in [-0.25, -0.2) is 8.42 Å². The van der Waals surface area contributed by atoms with Crippen LogP contribution in [0.15, 0.2) is 0 Å². The Balaban J connectivity index is 2.29. The number of esters is 1. The number of ether oxygens (including phenoxy) is 1. The minimum absolute atomic E-state index is 0.0182. The second-order valence-corrected chi connectivity index (χ2v) is 7.54. The Morgan fingerprint density at radius 2 is 1.86 bits per heavy atom. The van der Waals surface area contributed by atoms with E-state index < -0.39 is 15.7 Å². The number of carbonyl (C=O) groups excluding carboxylic acids is 2. The SMILES string of the molecule is CCOC(=O)C1CCN(CCS(=O)(=O)CCC(N)=O)CC1. The fourth-order valence-electron chi connectivity index (χ4n) is 2.28. The number of likely N-dealkylation sites (tertiary alicyclic amines) is 1. The van der Waals surface area contributed by atoms with Gasteiger partial charge < -0.3 is 15.4 Å². The topological polar surface area (TPSA) is 107 Å². The van der Waals surface area contributed by atoms with Gasteiger partial charge in [-0.1, -0.05) is 0 Å². The molecular weight excluding hydrogens is 296 g/mol. The maximum absolute atomic E-state index is 11.7. The van der Waals surface area contributed by atoms with Gasteiger partial charge in [0.05, 0.1) is 24.0 Å². The van der Waals surface area contributed by atoms with Crippen LogP contribution in [0.5, 0.6) is 0 Å². The molecule has 8 heteroatoms. The van der Waals surface area contributed by atoms with E-state index in [1.54, 1.807) is 6.92 Å². The van der Waals surface area contributed by atoms with Crippen LogP contribution in [0.25, 0.3) is 0 Å². The van der Waals surface area contributed by atoms with Gasteiger partial charge in [-0.05, 0) is 32.9 Å². The maximum Gasteiger partial charge on any atom is 0.309 e. The van der Waals surface area contributed by atoms with Crippen molar-refractivity contribution in [2.24, 2.45) is 11.7 Å². The fraction of sp³-hybridized carbons (Fsp3) is 0.846. The molecule has 0 spiro atoms. The first kappa shape index (κ1) is 17.9. The van der Waals surface area contributed by atoms with Crippen LogP contribution in [0.2, 0.25) is 0 Å². The number of hydrogen-bond acceptors (Lipinski definition) is 6. The monoisotopic (exact) mass is 320 g/mol. The summed E-state index contributed by atoms with van der Waals surface area (Å²) in [5.41, 5.74) is 4.95. The number of amides is 1. The summed E-state index contributed by atoms with van der Waals surface area (Å²) < 4.78 is 28.4. The van der Waals surface area contributed by atoms with Crippen LogP contribution in [-0.2, 0) is 24.2 Å². The molecule has 1 amide bonds. The van der Waals surface area contributed by atoms with Crippen LogP contribution in [-0.4, -0.2) is 62.9 Å². The van der Waals surface area contributed by atoms with E-state index in [0.717, 1.165) is 0 Å². The molecule has 1 aliphatic heterocycles. The average Bonchev–Trinajstić information content (AvgIpc) is 2.44. The Kier molecular flexibility index (Phi) is 7.10. The molecular formula is C13H24N2O5S. The van der Waals surface area contributed by atoms with Crippen molar-refractivity contribution in [3.63, 3.8) is 0 Å². The molecule has 0 aromatic rings. The fourth-order valence-corrected chi connectivity index (χ4v) is 3.53. The summed E-state index contributed by atoms with van der Waals surface area (Å²) in [6.07, 6.45) is 1.26. The van der Waals surface area contributed by atoms with Gasteiger partial charge in [0.25, 0.3) is 0 Å². The number of rotatable bonds is 8. The first-order chi connectivity index (χ1) is 9.84. The average molecular weight is 320 g/mol. The predicted octanol–water partition coefficient (Wildman–Crippen LogP) is -0.448. The quantitative estimate of drug-likeness (QED) is 0.607. The van der Waals surface area contributed by atoms with Crippen molar-refractivity contribution in [1.29, 1.82) is 0 Å². The third kappa shape index (κ3) is 6.90. The van der Waals surface area contributed by atoms with Gasteiger partial charge in [-0.3, -0.25) is 9.59 Å². The highest BCUT2D eigenvalue weighted by atomic mass is 32.2. The van der Waals surface area contributed by atoms with Gasteiger partial charge in [0.2, 0.25) is 5.91 Å². The van der Waals surface area contributed by atoms with Gasteiger partial charge >= 0.3 is 5.97 Å². The molecule has 1 aliphatic rings. The molecule has 0 atom stereocenters. The van der Waals surface area contributed by atoms with Gasteiger partial charge in [0, 0.05) is 13.0 Å². The van der Waals surface area contributed by atoms with Gasteiger partial charge in [-0.15, -0.1) is 0 Å². The highest BCUT2D eigenvalue weighted by Gasteiger charge is 2.26. The summed E-state index contributed by atoms with van der Waals surface area (Å²) in [6, 6.07) is 0. The van der Waals surface area contributed by atoms with E-state index >= 15 is 0 Å². The Hall–Kier alpha value is -1.15. The summed E-state index contributed by atoms with van der Waals surface area (Å²) >= 11 is 0. The number of carbonyl (C=O) groups is 2. The smallest absolute Gasteiger partial charge is 0.309 e. The maximum atomic E-state index is 11.7. The second-order valence-electron chi connectivity index (χ2n) is 5.24. The van der Waals surface area contributed by atoms with Crippen LogP contribution in [0.1, 0.15) is 26.2 Å². The van der Waals surface area contributed by atoms with Crippen LogP contribution in [0.4, 0.5) is 0 Å². The Labute approximate surface area is 125 Å². The summed E-state index contributed by atoms with van der Waals surface area (Å²) in [7, 11) is -3.25. The van der Waals surface area contributed by atoms with E-state index in [0.29, 0.717) is 39.1 Å². The van der Waals surface area contributed by atoms with Crippen LogP contribution in [0, 0.1) is 5.92 Å². The molecule has 0 saturated carbocycles. The third-order valence-electron chi connectivity index (χ3n) is 3.59. The number of sulfone groups is 1. The molecule has 122 valence electrons. The Morgan fingerprint density at radius 1 is 1.24 bits per heavy atom. The Morgan fingerprint density at radius 3 is 2.38 bits per heavy atom. The van der Waals surface area contributed by atoms with E-state index in [1.165, 1.54) is 0 Å². The first-order valence-corrected chi connectivity index (χ1v) is 9.04. The van der Waals surface area contributed by atoms with Crippen LogP contribution in [0.3, 0.4) is 0 Å². The highest BCUT2D eigenvalue weighted by Crippen LogP contribution is 2.18. The first-order valence-electron chi connectivity index (χ1n) is 7.21. The van der Waals surface area contributed by atoms with E-state index in [9.17, 15) is 18.0 Å². The summed E-state index contributed by atoms with van der Waals surface area (Å²) in [6.45, 7) is 3.97. The molecule has 7 nitrogen and oxygen atoms in total. The minimum Gasteiger partial charge on any atom is -0.466 e. The summed E-state index contributed by atoms with van der Waals surface area (Å²) in [5.74, 6) is -1.01. The predicted molar refractivity (Wildman–Crippen MR) is 78.3 cm³/mol. The number of hydrogen-bond donors (Lipinski definition) is 1. The summed E-state index contributed by atoms with van der Waals surface area (Å²) in [5, 5.41) is 0. The molecule has 0 radical (unpaired) electrons. The molecule has 0 aromatic carbocycles. The molecule has 0 aliphatic carbocycles. The van der Waals surface area contributed by atoms with Crippen molar-refractivity contribution < 1.29 is 22.7 Å². The zero-order valence-corrected chi connectivity index (χ0v) is 13.2. The number of primary amides is 1. The molecule has 2 N–H and O–H groups in total. The van der Waals surface area contributed by atoms with Gasteiger partial charge in [0.1, 0.15) is 0 Å².